The third-order valence-electron chi connectivity index (χ3n) is 3.34. The van der Waals surface area contributed by atoms with Crippen LogP contribution in [0.5, 0.6) is 0 Å². The van der Waals surface area contributed by atoms with Crippen LogP contribution in [0, 0.1) is 5.92 Å². The van der Waals surface area contributed by atoms with Crippen molar-refractivity contribution in [2.75, 3.05) is 5.32 Å². The molecular weight excluding hydrogens is 258 g/mol. The molecule has 2 rings (SSSR count). The highest BCUT2D eigenvalue weighted by Crippen LogP contribution is 2.27. The van der Waals surface area contributed by atoms with Crippen molar-refractivity contribution < 1.29 is 14.3 Å². The minimum absolute atomic E-state index is 0.0260. The van der Waals surface area contributed by atoms with Crippen LogP contribution in [0.2, 0.25) is 0 Å². The van der Waals surface area contributed by atoms with Crippen LogP contribution >= 0.6 is 0 Å². The Hall–Kier alpha value is -2.21. The third kappa shape index (κ3) is 3.03. The van der Waals surface area contributed by atoms with Crippen molar-refractivity contribution in [3.05, 3.63) is 36.7 Å². The topological polar surface area (TPSA) is 94.3 Å². The number of primary amides is 1. The number of rotatable bonds is 4. The Bertz CT molecular complexity index is 544. The molecule has 0 bridgehead atoms. The van der Waals surface area contributed by atoms with E-state index < -0.39 is 12.0 Å². The molecule has 0 saturated carbocycles. The Morgan fingerprint density at radius 3 is 2.95 bits per heavy atom. The number of amides is 2. The van der Waals surface area contributed by atoms with Gasteiger partial charge in [0.05, 0.1) is 6.10 Å². The van der Waals surface area contributed by atoms with Gasteiger partial charge < -0.3 is 15.8 Å². The van der Waals surface area contributed by atoms with Crippen LogP contribution < -0.4 is 11.1 Å². The molecule has 1 fully saturated rings. The van der Waals surface area contributed by atoms with E-state index in [1.807, 2.05) is 6.92 Å². The van der Waals surface area contributed by atoms with E-state index in [1.54, 1.807) is 12.1 Å². The number of hydrogen-bond acceptors (Lipinski definition) is 4. The van der Waals surface area contributed by atoms with E-state index in [9.17, 15) is 9.59 Å². The van der Waals surface area contributed by atoms with Crippen molar-refractivity contribution in [2.45, 2.75) is 25.6 Å². The van der Waals surface area contributed by atoms with Gasteiger partial charge in [-0.3, -0.25) is 14.6 Å². The average molecular weight is 275 g/mol. The van der Waals surface area contributed by atoms with E-state index in [-0.39, 0.29) is 23.6 Å². The van der Waals surface area contributed by atoms with E-state index >= 15 is 0 Å². The van der Waals surface area contributed by atoms with Crippen molar-refractivity contribution in [1.29, 1.82) is 0 Å². The molecule has 0 unspecified atom stereocenters. The molecule has 1 saturated heterocycles. The molecule has 0 radical (unpaired) electrons. The molecule has 0 spiro atoms. The number of carbonyl (C=O) groups is 2. The molecule has 0 aliphatic carbocycles. The standard InChI is InChI=1S/C14H17N3O3/c1-3-9-6-12(20-8(9)2)14(19)17-10-4-5-16-11(7-10)13(15)18/h3-5,7-9,12H,1,6H2,2H3,(H2,15,18)(H,16,17,19)/t8-,9+,12-/m1/s1. The second kappa shape index (κ2) is 5.83. The predicted molar refractivity (Wildman–Crippen MR) is 74.0 cm³/mol. The van der Waals surface area contributed by atoms with Gasteiger partial charge in [-0.15, -0.1) is 6.58 Å². The highest BCUT2D eigenvalue weighted by atomic mass is 16.5. The van der Waals surface area contributed by atoms with E-state index in [0.717, 1.165) is 0 Å². The van der Waals surface area contributed by atoms with E-state index in [4.69, 9.17) is 10.5 Å². The zero-order valence-corrected chi connectivity index (χ0v) is 11.2. The molecule has 1 aromatic heterocycles. The van der Waals surface area contributed by atoms with Crippen molar-refractivity contribution in [1.82, 2.24) is 4.98 Å². The normalized spacial score (nSPS) is 25.1. The summed E-state index contributed by atoms with van der Waals surface area (Å²) >= 11 is 0. The molecule has 3 atom stereocenters. The lowest BCUT2D eigenvalue weighted by Crippen LogP contribution is -2.28. The van der Waals surface area contributed by atoms with E-state index in [1.165, 1.54) is 12.3 Å². The number of carbonyl (C=O) groups excluding carboxylic acids is 2. The number of nitrogens with zero attached hydrogens (tertiary/aromatic N) is 1. The van der Waals surface area contributed by atoms with Gasteiger partial charge >= 0.3 is 0 Å². The van der Waals surface area contributed by atoms with E-state index in [2.05, 4.69) is 16.9 Å². The van der Waals surface area contributed by atoms with Gasteiger partial charge in [0, 0.05) is 17.8 Å². The van der Waals surface area contributed by atoms with Crippen LogP contribution in [-0.4, -0.2) is 29.0 Å². The molecule has 1 aliphatic heterocycles. The minimum atomic E-state index is -0.640. The summed E-state index contributed by atoms with van der Waals surface area (Å²) in [5.41, 5.74) is 5.71. The van der Waals surface area contributed by atoms with Crippen LogP contribution in [0.3, 0.4) is 0 Å². The maximum absolute atomic E-state index is 12.1. The van der Waals surface area contributed by atoms with Crippen LogP contribution in [-0.2, 0) is 9.53 Å². The Morgan fingerprint density at radius 2 is 2.35 bits per heavy atom. The number of nitrogens with two attached hydrogens (primary N) is 1. The number of hydrogen-bond donors (Lipinski definition) is 2. The molecule has 2 heterocycles. The molecule has 1 aliphatic rings. The van der Waals surface area contributed by atoms with Gasteiger partial charge in [-0.25, -0.2) is 0 Å². The van der Waals surface area contributed by atoms with Crippen molar-refractivity contribution in [3.63, 3.8) is 0 Å². The first-order valence-electron chi connectivity index (χ1n) is 6.36. The molecule has 2 amide bonds. The number of aromatic nitrogens is 1. The maximum atomic E-state index is 12.1. The van der Waals surface area contributed by atoms with Crippen LogP contribution in [0.15, 0.2) is 31.0 Å². The highest BCUT2D eigenvalue weighted by Gasteiger charge is 2.34. The summed E-state index contributed by atoms with van der Waals surface area (Å²) in [6.45, 7) is 5.64. The van der Waals surface area contributed by atoms with Gasteiger partial charge in [-0.05, 0) is 25.5 Å². The van der Waals surface area contributed by atoms with Crippen LogP contribution in [0.25, 0.3) is 0 Å². The molecule has 6 nitrogen and oxygen atoms in total. The van der Waals surface area contributed by atoms with Crippen LogP contribution in [0.1, 0.15) is 23.8 Å². The second-order valence-corrected chi connectivity index (χ2v) is 4.75. The first-order chi connectivity index (χ1) is 9.51. The van der Waals surface area contributed by atoms with Gasteiger partial charge in [0.2, 0.25) is 0 Å². The fraction of sp³-hybridized carbons (Fsp3) is 0.357. The molecule has 0 aromatic carbocycles. The number of pyridine rings is 1. The first kappa shape index (κ1) is 14.2. The minimum Gasteiger partial charge on any atom is -0.365 e. The monoisotopic (exact) mass is 275 g/mol. The van der Waals surface area contributed by atoms with Gasteiger partial charge in [-0.1, -0.05) is 6.08 Å². The van der Waals surface area contributed by atoms with Gasteiger partial charge in [-0.2, -0.15) is 0 Å². The lowest BCUT2D eigenvalue weighted by atomic mass is 10.0. The summed E-state index contributed by atoms with van der Waals surface area (Å²) in [7, 11) is 0. The number of nitrogens with one attached hydrogen (secondary N) is 1. The third-order valence-corrected chi connectivity index (χ3v) is 3.34. The predicted octanol–water partition coefficient (Wildman–Crippen LogP) is 1.10. The molecule has 1 aromatic rings. The Balaban J connectivity index is 2.03. The Labute approximate surface area is 117 Å². The van der Waals surface area contributed by atoms with E-state index in [0.29, 0.717) is 12.1 Å². The summed E-state index contributed by atoms with van der Waals surface area (Å²) in [4.78, 5) is 26.9. The SMILES string of the molecule is C=C[C@H]1C[C@H](C(=O)Nc2ccnc(C(N)=O)c2)O[C@@H]1C. The van der Waals surface area contributed by atoms with Crippen LogP contribution in [0.4, 0.5) is 5.69 Å². The van der Waals surface area contributed by atoms with Gasteiger partial charge in [0.15, 0.2) is 0 Å². The highest BCUT2D eigenvalue weighted by molar-refractivity contribution is 5.96. The molecule has 106 valence electrons. The zero-order chi connectivity index (χ0) is 14.7. The van der Waals surface area contributed by atoms with Gasteiger partial charge in [0.25, 0.3) is 11.8 Å². The van der Waals surface area contributed by atoms with Gasteiger partial charge in [0.1, 0.15) is 11.8 Å². The number of anilines is 1. The summed E-state index contributed by atoms with van der Waals surface area (Å²) < 4.78 is 5.59. The van der Waals surface area contributed by atoms with Crippen molar-refractivity contribution >= 4 is 17.5 Å². The summed E-state index contributed by atoms with van der Waals surface area (Å²) in [5.74, 6) is -0.717. The summed E-state index contributed by atoms with van der Waals surface area (Å²) in [5, 5.41) is 2.70. The lowest BCUT2D eigenvalue weighted by Gasteiger charge is -2.11. The maximum Gasteiger partial charge on any atom is 0.267 e. The molecule has 3 N–H and O–H groups in total. The number of ether oxygens (including phenoxy) is 1. The fourth-order valence-corrected chi connectivity index (χ4v) is 2.18. The summed E-state index contributed by atoms with van der Waals surface area (Å²) in [6, 6.07) is 3.03. The zero-order valence-electron chi connectivity index (χ0n) is 11.2. The average Bonchev–Trinajstić information content (AvgIpc) is 2.80. The lowest BCUT2D eigenvalue weighted by molar-refractivity contribution is -0.126. The summed E-state index contributed by atoms with van der Waals surface area (Å²) in [6.07, 6.45) is 3.28. The fourth-order valence-electron chi connectivity index (χ4n) is 2.18. The molecular formula is C14H17N3O3. The smallest absolute Gasteiger partial charge is 0.267 e. The Kier molecular flexibility index (Phi) is 4.14. The molecule has 20 heavy (non-hydrogen) atoms. The van der Waals surface area contributed by atoms with Crippen molar-refractivity contribution in [2.24, 2.45) is 11.7 Å². The molecule has 6 heteroatoms. The largest absolute Gasteiger partial charge is 0.365 e. The van der Waals surface area contributed by atoms with Crippen molar-refractivity contribution in [3.8, 4) is 0 Å². The Morgan fingerprint density at radius 1 is 1.60 bits per heavy atom. The quantitative estimate of drug-likeness (QED) is 0.804. The first-order valence-corrected chi connectivity index (χ1v) is 6.36. The second-order valence-electron chi connectivity index (χ2n) is 4.75.